The van der Waals surface area contributed by atoms with Crippen molar-refractivity contribution in [2.75, 3.05) is 12.3 Å². The van der Waals surface area contributed by atoms with Gasteiger partial charge in [-0.15, -0.1) is 0 Å². The van der Waals surface area contributed by atoms with Gasteiger partial charge in [0.2, 0.25) is 0 Å². The first-order chi connectivity index (χ1) is 8.58. The molecule has 0 spiro atoms. The van der Waals surface area contributed by atoms with Gasteiger partial charge in [-0.1, -0.05) is 11.6 Å². The molecular weight excluding hydrogens is 318 g/mol. The van der Waals surface area contributed by atoms with E-state index >= 15 is 0 Å². The zero-order chi connectivity index (χ0) is 13.1. The maximum atomic E-state index is 5.88. The van der Waals surface area contributed by atoms with Crippen molar-refractivity contribution in [1.82, 2.24) is 9.78 Å². The fraction of sp³-hybridized carbons (Fsp3) is 0.250. The van der Waals surface area contributed by atoms with E-state index in [9.17, 15) is 0 Å². The monoisotopic (exact) mass is 329 g/mol. The normalized spacial score (nSPS) is 10.6. The van der Waals surface area contributed by atoms with E-state index < -0.39 is 0 Å². The van der Waals surface area contributed by atoms with Crippen LogP contribution in [0.1, 0.15) is 5.69 Å². The van der Waals surface area contributed by atoms with E-state index in [1.54, 1.807) is 18.3 Å². The lowest BCUT2D eigenvalue weighted by Crippen LogP contribution is -2.07. The van der Waals surface area contributed by atoms with Crippen molar-refractivity contribution in [2.45, 2.75) is 6.42 Å². The van der Waals surface area contributed by atoms with Crippen LogP contribution in [0.5, 0.6) is 5.75 Å². The van der Waals surface area contributed by atoms with Crippen molar-refractivity contribution in [1.29, 1.82) is 0 Å². The SMILES string of the molecule is Cn1nccc1CCOc1c(N)cc(Cl)cc1Br. The molecule has 0 aliphatic carbocycles. The molecule has 1 aromatic heterocycles. The van der Waals surface area contributed by atoms with Gasteiger partial charge in [-0.05, 0) is 34.1 Å². The quantitative estimate of drug-likeness (QED) is 0.877. The van der Waals surface area contributed by atoms with Gasteiger partial charge in [-0.2, -0.15) is 5.10 Å². The molecule has 2 N–H and O–H groups in total. The number of ether oxygens (including phenoxy) is 1. The Kier molecular flexibility index (Phi) is 4.14. The minimum atomic E-state index is 0.527. The predicted molar refractivity (Wildman–Crippen MR) is 76.0 cm³/mol. The lowest BCUT2D eigenvalue weighted by Gasteiger charge is -2.11. The number of halogens is 2. The highest BCUT2D eigenvalue weighted by molar-refractivity contribution is 9.10. The van der Waals surface area contributed by atoms with Crippen LogP contribution >= 0.6 is 27.5 Å². The number of aryl methyl sites for hydroxylation is 1. The predicted octanol–water partition coefficient (Wildman–Crippen LogP) is 3.04. The number of benzene rings is 1. The average molecular weight is 331 g/mol. The van der Waals surface area contributed by atoms with Crippen molar-refractivity contribution in [3.63, 3.8) is 0 Å². The lowest BCUT2D eigenvalue weighted by molar-refractivity contribution is 0.318. The average Bonchev–Trinajstić information content (AvgIpc) is 2.68. The van der Waals surface area contributed by atoms with Crippen LogP contribution < -0.4 is 10.5 Å². The Morgan fingerprint density at radius 2 is 2.28 bits per heavy atom. The Bertz CT molecular complexity index is 533. The van der Waals surface area contributed by atoms with Crippen molar-refractivity contribution in [3.8, 4) is 5.75 Å². The highest BCUT2D eigenvalue weighted by Crippen LogP contribution is 2.34. The molecule has 0 aliphatic rings. The van der Waals surface area contributed by atoms with Crippen LogP contribution in [0.15, 0.2) is 28.9 Å². The second-order valence-corrected chi connectivity index (χ2v) is 5.14. The second kappa shape index (κ2) is 5.63. The molecule has 4 nitrogen and oxygen atoms in total. The molecule has 6 heteroatoms. The number of aromatic nitrogens is 2. The molecule has 0 fully saturated rings. The Morgan fingerprint density at radius 3 is 2.89 bits per heavy atom. The Hall–Kier alpha value is -1.20. The summed E-state index contributed by atoms with van der Waals surface area (Å²) >= 11 is 9.27. The minimum Gasteiger partial charge on any atom is -0.490 e. The topological polar surface area (TPSA) is 53.1 Å². The van der Waals surface area contributed by atoms with Gasteiger partial charge in [-0.25, -0.2) is 0 Å². The van der Waals surface area contributed by atoms with Crippen molar-refractivity contribution >= 4 is 33.2 Å². The van der Waals surface area contributed by atoms with E-state index in [4.69, 9.17) is 22.1 Å². The highest BCUT2D eigenvalue weighted by atomic mass is 79.9. The van der Waals surface area contributed by atoms with Gasteiger partial charge in [0, 0.05) is 30.4 Å². The summed E-state index contributed by atoms with van der Waals surface area (Å²) in [4.78, 5) is 0. The van der Waals surface area contributed by atoms with E-state index in [1.807, 2.05) is 17.8 Å². The van der Waals surface area contributed by atoms with Gasteiger partial charge in [0.25, 0.3) is 0 Å². The molecular formula is C12H13BrClN3O. The molecule has 1 aromatic carbocycles. The van der Waals surface area contributed by atoms with E-state index in [0.29, 0.717) is 23.1 Å². The number of nitrogens with two attached hydrogens (primary N) is 1. The van der Waals surface area contributed by atoms with Gasteiger partial charge in [0.05, 0.1) is 16.8 Å². The van der Waals surface area contributed by atoms with Crippen molar-refractivity contribution in [2.24, 2.45) is 7.05 Å². The summed E-state index contributed by atoms with van der Waals surface area (Å²) in [5.74, 6) is 0.626. The van der Waals surface area contributed by atoms with E-state index in [2.05, 4.69) is 21.0 Å². The first kappa shape index (κ1) is 13.2. The summed E-state index contributed by atoms with van der Waals surface area (Å²) in [6.45, 7) is 0.532. The van der Waals surface area contributed by atoms with Crippen LogP contribution in [0.25, 0.3) is 0 Å². The number of nitrogens with zero attached hydrogens (tertiary/aromatic N) is 2. The van der Waals surface area contributed by atoms with Crippen molar-refractivity contribution < 1.29 is 4.74 Å². The largest absolute Gasteiger partial charge is 0.490 e. The Labute approximate surface area is 119 Å². The van der Waals surface area contributed by atoms with Gasteiger partial charge < -0.3 is 10.5 Å². The number of rotatable bonds is 4. The number of anilines is 1. The molecule has 2 aromatic rings. The molecule has 0 saturated heterocycles. The smallest absolute Gasteiger partial charge is 0.156 e. The van der Waals surface area contributed by atoms with Gasteiger partial charge >= 0.3 is 0 Å². The van der Waals surface area contributed by atoms with E-state index in [1.165, 1.54) is 0 Å². The molecule has 96 valence electrons. The molecule has 2 rings (SSSR count). The maximum absolute atomic E-state index is 5.88. The molecule has 18 heavy (non-hydrogen) atoms. The van der Waals surface area contributed by atoms with Crippen LogP contribution in [0.3, 0.4) is 0 Å². The zero-order valence-electron chi connectivity index (χ0n) is 9.86. The third-order valence-corrected chi connectivity index (χ3v) is 3.37. The van der Waals surface area contributed by atoms with Gasteiger partial charge in [-0.3, -0.25) is 4.68 Å². The summed E-state index contributed by atoms with van der Waals surface area (Å²) in [7, 11) is 1.90. The van der Waals surface area contributed by atoms with Crippen LogP contribution in [-0.4, -0.2) is 16.4 Å². The summed E-state index contributed by atoms with van der Waals surface area (Å²) in [6, 6.07) is 5.40. The fourth-order valence-electron chi connectivity index (χ4n) is 1.64. The molecule has 0 radical (unpaired) electrons. The van der Waals surface area contributed by atoms with Crippen LogP contribution in [0.2, 0.25) is 5.02 Å². The van der Waals surface area contributed by atoms with Gasteiger partial charge in [0.1, 0.15) is 0 Å². The van der Waals surface area contributed by atoms with E-state index in [-0.39, 0.29) is 0 Å². The molecule has 0 aliphatic heterocycles. The van der Waals surface area contributed by atoms with Crippen LogP contribution in [0.4, 0.5) is 5.69 Å². The highest BCUT2D eigenvalue weighted by Gasteiger charge is 2.08. The summed E-state index contributed by atoms with van der Waals surface area (Å²) in [5, 5.41) is 4.68. The number of hydrogen-bond donors (Lipinski definition) is 1. The zero-order valence-corrected chi connectivity index (χ0v) is 12.2. The summed E-state index contributed by atoms with van der Waals surface area (Å²) < 4.78 is 8.26. The molecule has 0 atom stereocenters. The molecule has 0 amide bonds. The summed E-state index contributed by atoms with van der Waals surface area (Å²) in [6.07, 6.45) is 2.53. The number of nitrogen functional groups attached to an aromatic ring is 1. The second-order valence-electron chi connectivity index (χ2n) is 3.85. The summed E-state index contributed by atoms with van der Waals surface area (Å²) in [5.41, 5.74) is 7.49. The minimum absolute atomic E-state index is 0.527. The molecule has 0 saturated carbocycles. The van der Waals surface area contributed by atoms with Crippen LogP contribution in [-0.2, 0) is 13.5 Å². The maximum Gasteiger partial charge on any atom is 0.156 e. The number of hydrogen-bond acceptors (Lipinski definition) is 3. The fourth-order valence-corrected chi connectivity index (χ4v) is 2.59. The first-order valence-electron chi connectivity index (χ1n) is 5.42. The Morgan fingerprint density at radius 1 is 1.50 bits per heavy atom. The molecule has 1 heterocycles. The third kappa shape index (κ3) is 2.97. The third-order valence-electron chi connectivity index (χ3n) is 2.56. The molecule has 0 unspecified atom stereocenters. The van der Waals surface area contributed by atoms with E-state index in [0.717, 1.165) is 16.6 Å². The standard InChI is InChI=1S/C12H13BrClN3O/c1-17-9(2-4-16-17)3-5-18-12-10(13)6-8(14)7-11(12)15/h2,4,6-7H,3,5,15H2,1H3. The van der Waals surface area contributed by atoms with Crippen molar-refractivity contribution in [3.05, 3.63) is 39.6 Å². The van der Waals surface area contributed by atoms with Gasteiger partial charge in [0.15, 0.2) is 5.75 Å². The Balaban J connectivity index is 2.01. The molecule has 0 bridgehead atoms. The van der Waals surface area contributed by atoms with Crippen LogP contribution in [0, 0.1) is 0 Å². The first-order valence-corrected chi connectivity index (χ1v) is 6.59. The lowest BCUT2D eigenvalue weighted by atomic mass is 10.3.